The minimum absolute atomic E-state index is 0.0558. The summed E-state index contributed by atoms with van der Waals surface area (Å²) in [6, 6.07) is 20.8. The second-order valence-corrected chi connectivity index (χ2v) is 24.1. The van der Waals surface area contributed by atoms with Crippen LogP contribution >= 0.6 is 0 Å². The van der Waals surface area contributed by atoms with Crippen molar-refractivity contribution in [1.82, 2.24) is 0 Å². The maximum Gasteiger partial charge on any atom is 0.131 e. The van der Waals surface area contributed by atoms with Gasteiger partial charge in [0.25, 0.3) is 0 Å². The van der Waals surface area contributed by atoms with E-state index in [1.807, 2.05) is 36.4 Å². The van der Waals surface area contributed by atoms with Gasteiger partial charge in [0.1, 0.15) is 11.5 Å². The number of phenolic OH excluding ortho intramolecular Hbond substituents is 2. The van der Waals surface area contributed by atoms with Crippen LogP contribution in [-0.4, -0.2) is 26.4 Å². The van der Waals surface area contributed by atoms with Crippen LogP contribution in [0.5, 0.6) is 11.5 Å². The van der Waals surface area contributed by atoms with Crippen molar-refractivity contribution >= 4 is 48.1 Å². The predicted octanol–water partition coefficient (Wildman–Crippen LogP) is 8.50. The Morgan fingerprint density at radius 1 is 0.528 bits per heavy atom. The van der Waals surface area contributed by atoms with E-state index in [1.54, 1.807) is 0 Å². The molecule has 2 nitrogen and oxygen atoms in total. The van der Waals surface area contributed by atoms with Gasteiger partial charge in [-0.3, -0.25) is 0 Å². The highest BCUT2D eigenvalue weighted by Crippen LogP contribution is 2.47. The Morgan fingerprint density at radius 3 is 1.14 bits per heavy atom. The number of aromatic hydroxyl groups is 2. The zero-order valence-corrected chi connectivity index (χ0v) is 25.7. The first-order valence-electron chi connectivity index (χ1n) is 13.0. The first kappa shape index (κ1) is 26.5. The van der Waals surface area contributed by atoms with Crippen LogP contribution in [0.3, 0.4) is 0 Å². The molecule has 4 rings (SSSR count). The lowest BCUT2D eigenvalue weighted by molar-refractivity contribution is 0.476. The summed E-state index contributed by atoms with van der Waals surface area (Å²) in [5, 5.41) is 30.4. The molecular weight excluding hydrogens is 473 g/mol. The molecule has 4 aromatic carbocycles. The number of fused-ring (bicyclic) bond motifs is 2. The van der Waals surface area contributed by atoms with Gasteiger partial charge in [-0.25, -0.2) is 0 Å². The molecule has 0 unspecified atom stereocenters. The Bertz CT molecular complexity index is 1350. The lowest BCUT2D eigenvalue weighted by Gasteiger charge is -2.42. The Kier molecular flexibility index (Phi) is 6.25. The van der Waals surface area contributed by atoms with E-state index in [9.17, 15) is 10.2 Å². The molecule has 4 heteroatoms. The van der Waals surface area contributed by atoms with Crippen LogP contribution in [0, 0.1) is 0 Å². The van der Waals surface area contributed by atoms with Gasteiger partial charge < -0.3 is 10.2 Å². The van der Waals surface area contributed by atoms with Crippen molar-refractivity contribution in [1.29, 1.82) is 0 Å². The van der Waals surface area contributed by atoms with Gasteiger partial charge in [-0.1, -0.05) is 128 Å². The largest absolute Gasteiger partial charge is 0.507 e. The zero-order chi connectivity index (χ0) is 26.8. The summed E-state index contributed by atoms with van der Waals surface area (Å²) in [6.45, 7) is 23.4. The number of benzene rings is 4. The second-order valence-electron chi connectivity index (χ2n) is 13.5. The van der Waals surface area contributed by atoms with Gasteiger partial charge >= 0.3 is 0 Å². The van der Waals surface area contributed by atoms with Gasteiger partial charge in [0.2, 0.25) is 0 Å². The van der Waals surface area contributed by atoms with Gasteiger partial charge in [-0.2, -0.15) is 0 Å². The van der Waals surface area contributed by atoms with Crippen molar-refractivity contribution < 1.29 is 10.2 Å². The van der Waals surface area contributed by atoms with Gasteiger partial charge in [0.15, 0.2) is 0 Å². The smallest absolute Gasteiger partial charge is 0.131 e. The van der Waals surface area contributed by atoms with E-state index in [2.05, 4.69) is 92.0 Å². The molecule has 0 atom stereocenters. The lowest BCUT2D eigenvalue weighted by Crippen LogP contribution is -2.53. The predicted molar refractivity (Wildman–Crippen MR) is 164 cm³/mol. The summed E-state index contributed by atoms with van der Waals surface area (Å²) >= 11 is 0. The monoisotopic (exact) mass is 514 g/mol. The maximum absolute atomic E-state index is 12.0. The molecular formula is C32H42O2Si2. The summed E-state index contributed by atoms with van der Waals surface area (Å²) in [5.41, 5.74) is 1.67. The van der Waals surface area contributed by atoms with Gasteiger partial charge in [-0.15, -0.1) is 0 Å². The topological polar surface area (TPSA) is 40.5 Å². The van der Waals surface area contributed by atoms with Gasteiger partial charge in [0.05, 0.1) is 16.1 Å². The van der Waals surface area contributed by atoms with Crippen LogP contribution in [0.4, 0.5) is 0 Å². The van der Waals surface area contributed by atoms with Crippen molar-refractivity contribution in [3.63, 3.8) is 0 Å². The maximum atomic E-state index is 12.0. The third kappa shape index (κ3) is 3.99. The second kappa shape index (κ2) is 8.49. The van der Waals surface area contributed by atoms with E-state index < -0.39 is 16.1 Å². The average molecular weight is 515 g/mol. The minimum Gasteiger partial charge on any atom is -0.507 e. The van der Waals surface area contributed by atoms with Crippen molar-refractivity contribution in [3.8, 4) is 22.6 Å². The lowest BCUT2D eigenvalue weighted by atomic mass is 9.95. The first-order chi connectivity index (χ1) is 16.5. The Morgan fingerprint density at radius 2 is 0.833 bits per heavy atom. The summed E-state index contributed by atoms with van der Waals surface area (Å²) in [4.78, 5) is 0. The fraction of sp³-hybridized carbons (Fsp3) is 0.375. The van der Waals surface area contributed by atoms with Gasteiger partial charge in [-0.05, 0) is 31.2 Å². The standard InChI is InChI=1S/C32H42O2Si2/c1-31(2,3)35(7,8)25-19-21-15-11-13-17-23(21)29(33)27(25)28-26(36(9,10)32(4,5)6)20-22-16-12-14-18-24(22)30(28)34/h11-20,33-34H,1-10H3. The molecule has 0 saturated heterocycles. The summed E-state index contributed by atoms with van der Waals surface area (Å²) in [6.07, 6.45) is 0. The average Bonchev–Trinajstić information content (AvgIpc) is 2.78. The first-order valence-corrected chi connectivity index (χ1v) is 19.0. The van der Waals surface area contributed by atoms with Gasteiger partial charge in [0, 0.05) is 21.9 Å². The normalized spacial score (nSPS) is 13.5. The molecule has 4 aromatic rings. The van der Waals surface area contributed by atoms with Crippen LogP contribution in [0.1, 0.15) is 41.5 Å². The Labute approximate surface area is 219 Å². The zero-order valence-electron chi connectivity index (χ0n) is 23.7. The molecule has 0 aliphatic rings. The molecule has 0 radical (unpaired) electrons. The third-order valence-electron chi connectivity index (χ3n) is 9.39. The van der Waals surface area contributed by atoms with E-state index in [0.29, 0.717) is 11.5 Å². The molecule has 0 bridgehead atoms. The Balaban J connectivity index is 2.30. The van der Waals surface area contributed by atoms with Crippen molar-refractivity contribution in [2.75, 3.05) is 0 Å². The van der Waals surface area contributed by atoms with Crippen molar-refractivity contribution in [2.45, 2.75) is 77.8 Å². The van der Waals surface area contributed by atoms with E-state index in [4.69, 9.17) is 0 Å². The van der Waals surface area contributed by atoms with E-state index >= 15 is 0 Å². The summed E-state index contributed by atoms with van der Waals surface area (Å²) < 4.78 is 0. The van der Waals surface area contributed by atoms with Crippen LogP contribution in [0.15, 0.2) is 60.7 Å². The molecule has 0 spiro atoms. The molecule has 0 aliphatic heterocycles. The molecule has 0 saturated carbocycles. The number of hydrogen-bond donors (Lipinski definition) is 2. The molecule has 190 valence electrons. The summed E-state index contributed by atoms with van der Waals surface area (Å²) in [5.74, 6) is 0.580. The highest BCUT2D eigenvalue weighted by Gasteiger charge is 2.44. The molecule has 0 amide bonds. The summed E-state index contributed by atoms with van der Waals surface area (Å²) in [7, 11) is -4.26. The highest BCUT2D eigenvalue weighted by molar-refractivity contribution is 6.95. The molecule has 0 aliphatic carbocycles. The van der Waals surface area contributed by atoms with E-state index in [0.717, 1.165) is 32.7 Å². The number of rotatable bonds is 3. The van der Waals surface area contributed by atoms with Crippen molar-refractivity contribution in [3.05, 3.63) is 60.7 Å². The van der Waals surface area contributed by atoms with E-state index in [1.165, 1.54) is 10.4 Å². The fourth-order valence-electron chi connectivity index (χ4n) is 4.96. The highest BCUT2D eigenvalue weighted by atomic mass is 28.3. The van der Waals surface area contributed by atoms with Crippen LogP contribution in [-0.2, 0) is 0 Å². The minimum atomic E-state index is -2.13. The third-order valence-corrected chi connectivity index (χ3v) is 20.4. The van der Waals surface area contributed by atoms with Crippen LogP contribution < -0.4 is 10.4 Å². The molecule has 2 N–H and O–H groups in total. The fourth-order valence-corrected chi connectivity index (χ4v) is 9.34. The quantitative estimate of drug-likeness (QED) is 0.269. The molecule has 36 heavy (non-hydrogen) atoms. The SMILES string of the molecule is CC(C)(C)[Si](C)(C)c1cc2ccccc2c(O)c1-c1c([Si](C)(C)C(C)(C)C)cc2ccccc2c1O. The van der Waals surface area contributed by atoms with E-state index in [-0.39, 0.29) is 10.1 Å². The van der Waals surface area contributed by atoms with Crippen LogP contribution in [0.25, 0.3) is 32.7 Å². The Hall–Kier alpha value is -2.57. The molecule has 0 fully saturated rings. The number of hydrogen-bond acceptors (Lipinski definition) is 2. The van der Waals surface area contributed by atoms with Crippen molar-refractivity contribution in [2.24, 2.45) is 0 Å². The molecule has 0 heterocycles. The number of phenols is 2. The molecule has 0 aromatic heterocycles. The van der Waals surface area contributed by atoms with Crippen LogP contribution in [0.2, 0.25) is 36.3 Å².